The second-order valence-electron chi connectivity index (χ2n) is 9.54. The number of carbonyl (C=O) groups excluding carboxylic acids is 5. The Morgan fingerprint density at radius 1 is 1.10 bits per heavy atom. The van der Waals surface area contributed by atoms with Gasteiger partial charge in [-0.2, -0.15) is 5.10 Å². The summed E-state index contributed by atoms with van der Waals surface area (Å²) in [5, 5.41) is 7.40. The van der Waals surface area contributed by atoms with Crippen molar-refractivity contribution in [3.05, 3.63) is 71.3 Å². The van der Waals surface area contributed by atoms with Crippen LogP contribution in [-0.2, 0) is 35.0 Å². The summed E-state index contributed by atoms with van der Waals surface area (Å²) in [5.74, 6) is -2.42. The van der Waals surface area contributed by atoms with E-state index < -0.39 is 40.6 Å². The zero-order valence-corrected chi connectivity index (χ0v) is 22.2. The number of thioether (sulfide) groups is 1. The van der Waals surface area contributed by atoms with Crippen LogP contribution in [-0.4, -0.2) is 94.6 Å². The van der Waals surface area contributed by atoms with Gasteiger partial charge >= 0.3 is 14.0 Å². The monoisotopic (exact) mass is 547 g/mol. The highest BCUT2D eigenvalue weighted by molar-refractivity contribution is 8.02. The van der Waals surface area contributed by atoms with Gasteiger partial charge in [-0.25, -0.2) is 5.01 Å². The first-order valence-electron chi connectivity index (χ1n) is 12.3. The molecule has 39 heavy (non-hydrogen) atoms. The van der Waals surface area contributed by atoms with Crippen molar-refractivity contribution in [2.24, 2.45) is 5.10 Å². The molecule has 3 fully saturated rings. The molecule has 13 heteroatoms. The topological polar surface area (TPSA) is 129 Å². The molecule has 200 valence electrons. The van der Waals surface area contributed by atoms with Gasteiger partial charge in [0.1, 0.15) is 24.5 Å². The number of nitrogens with zero attached hydrogens (tertiary/aromatic N) is 4. The summed E-state index contributed by atoms with van der Waals surface area (Å²) in [6, 6.07) is 15.8. The molecule has 3 saturated heterocycles. The highest BCUT2D eigenvalue weighted by Crippen LogP contribution is 2.49. The summed E-state index contributed by atoms with van der Waals surface area (Å²) in [7, 11) is 1.19. The summed E-state index contributed by atoms with van der Waals surface area (Å²) in [6.07, 6.45) is 1.59. The van der Waals surface area contributed by atoms with Crippen molar-refractivity contribution in [2.75, 3.05) is 19.6 Å². The van der Waals surface area contributed by atoms with Crippen molar-refractivity contribution < 1.29 is 28.6 Å². The minimum Gasteiger partial charge on any atom is -0.541 e. The third-order valence-corrected chi connectivity index (χ3v) is 8.57. The van der Waals surface area contributed by atoms with E-state index in [9.17, 15) is 24.0 Å². The van der Waals surface area contributed by atoms with Gasteiger partial charge in [-0.05, 0) is 18.1 Å². The SMILES string of the molecule is BOC(=O)[C@@]1(N2CC(=O)N(/N=C/c3ccc(C)cc3)CC2=O)CN2C(=O)[C@@H](NC(=O)Cc3ccccc3)[C@H]2S1. The molecule has 3 heterocycles. The van der Waals surface area contributed by atoms with Crippen LogP contribution >= 0.6 is 11.8 Å². The van der Waals surface area contributed by atoms with E-state index in [0.717, 1.165) is 38.4 Å². The van der Waals surface area contributed by atoms with Crippen molar-refractivity contribution in [1.82, 2.24) is 20.1 Å². The molecule has 2 aromatic carbocycles. The third-order valence-electron chi connectivity index (χ3n) is 6.90. The molecular weight excluding hydrogens is 521 g/mol. The molecule has 0 spiro atoms. The summed E-state index contributed by atoms with van der Waals surface area (Å²) >= 11 is 1.04. The van der Waals surface area contributed by atoms with Crippen LogP contribution in [0.4, 0.5) is 0 Å². The molecule has 5 rings (SSSR count). The molecule has 0 unspecified atom stereocenters. The molecule has 4 amide bonds. The number of hydrogen-bond donors (Lipinski definition) is 1. The average molecular weight is 547 g/mol. The molecule has 11 nitrogen and oxygen atoms in total. The van der Waals surface area contributed by atoms with Crippen LogP contribution < -0.4 is 5.32 Å². The Morgan fingerprint density at radius 2 is 1.82 bits per heavy atom. The number of β-lactam (4-membered cyclic amide) rings is 1. The summed E-state index contributed by atoms with van der Waals surface area (Å²) < 4.78 is 5.04. The lowest BCUT2D eigenvalue weighted by Gasteiger charge is -2.41. The number of benzene rings is 2. The van der Waals surface area contributed by atoms with Crippen molar-refractivity contribution in [2.45, 2.75) is 29.6 Å². The molecule has 0 aromatic heterocycles. The molecule has 3 aliphatic rings. The lowest BCUT2D eigenvalue weighted by molar-refractivity contribution is -0.162. The first kappa shape index (κ1) is 26.5. The van der Waals surface area contributed by atoms with E-state index in [0.29, 0.717) is 0 Å². The van der Waals surface area contributed by atoms with E-state index in [-0.39, 0.29) is 31.3 Å². The zero-order chi connectivity index (χ0) is 27.7. The van der Waals surface area contributed by atoms with E-state index in [1.54, 1.807) is 0 Å². The molecule has 3 atom stereocenters. The lowest BCUT2D eigenvalue weighted by Crippen LogP contribution is -2.68. The van der Waals surface area contributed by atoms with Gasteiger partial charge in [-0.3, -0.25) is 24.0 Å². The predicted octanol–water partition coefficient (Wildman–Crippen LogP) is -0.570. The molecule has 0 bridgehead atoms. The smallest absolute Gasteiger partial charge is 0.326 e. The van der Waals surface area contributed by atoms with Gasteiger partial charge in [0.15, 0.2) is 0 Å². The minimum atomic E-state index is -1.62. The molecular formula is C26H26BN5O6S. The number of rotatable bonds is 7. The molecule has 2 aromatic rings. The van der Waals surface area contributed by atoms with Crippen LogP contribution in [0.1, 0.15) is 16.7 Å². The Kier molecular flexibility index (Phi) is 7.17. The maximum Gasteiger partial charge on any atom is 0.326 e. The van der Waals surface area contributed by atoms with Gasteiger partial charge in [0.25, 0.3) is 5.91 Å². The Hall–Kier alpha value is -4.13. The number of fused-ring (bicyclic) bond motifs is 1. The number of piperazine rings is 1. The second kappa shape index (κ2) is 10.6. The average Bonchev–Trinajstić information content (AvgIpc) is 3.30. The van der Waals surface area contributed by atoms with E-state index in [2.05, 4.69) is 10.4 Å². The molecule has 1 N–H and O–H groups in total. The van der Waals surface area contributed by atoms with Crippen LogP contribution in [0.3, 0.4) is 0 Å². The fourth-order valence-corrected chi connectivity index (χ4v) is 6.50. The number of nitrogens with one attached hydrogen (secondary N) is 1. The van der Waals surface area contributed by atoms with Crippen LogP contribution in [0.15, 0.2) is 59.7 Å². The Balaban J connectivity index is 1.29. The van der Waals surface area contributed by atoms with E-state index in [1.807, 2.05) is 61.5 Å². The maximum absolute atomic E-state index is 13.3. The number of aryl methyl sites for hydroxylation is 1. The predicted molar refractivity (Wildman–Crippen MR) is 145 cm³/mol. The van der Waals surface area contributed by atoms with Gasteiger partial charge in [-0.15, -0.1) is 0 Å². The number of amides is 4. The van der Waals surface area contributed by atoms with E-state index in [1.165, 1.54) is 19.2 Å². The first-order valence-corrected chi connectivity index (χ1v) is 13.2. The second-order valence-corrected chi connectivity index (χ2v) is 10.9. The highest BCUT2D eigenvalue weighted by atomic mass is 32.2. The summed E-state index contributed by atoms with van der Waals surface area (Å²) in [6.45, 7) is 1.03. The summed E-state index contributed by atoms with van der Waals surface area (Å²) in [5.41, 5.74) is 2.65. The van der Waals surface area contributed by atoms with Crippen molar-refractivity contribution in [3.8, 4) is 0 Å². The molecule has 0 saturated carbocycles. The van der Waals surface area contributed by atoms with Crippen molar-refractivity contribution in [1.29, 1.82) is 0 Å². The standard InChI is InChI=1S/C26H26BN5O6S/c1-16-7-9-18(10-8-16)12-28-32-14-20(34)31(13-21(32)35)26(25(37)38-27)15-30-23(36)22(24(30)39-26)29-19(33)11-17-5-3-2-4-6-17/h2-10,12,22,24H,11,13-15,27H2,1H3,(H,29,33)/b28-12+/t22-,24-,26-/m1/s1. The fraction of sp³-hybridized carbons (Fsp3) is 0.308. The van der Waals surface area contributed by atoms with Crippen molar-refractivity contribution >= 4 is 55.6 Å². The zero-order valence-electron chi connectivity index (χ0n) is 21.4. The van der Waals surface area contributed by atoms with Crippen LogP contribution in [0.5, 0.6) is 0 Å². The Labute approximate surface area is 230 Å². The van der Waals surface area contributed by atoms with Crippen LogP contribution in [0.25, 0.3) is 0 Å². The largest absolute Gasteiger partial charge is 0.541 e. The van der Waals surface area contributed by atoms with Gasteiger partial charge in [0.2, 0.25) is 22.6 Å². The quantitative estimate of drug-likeness (QED) is 0.279. The maximum atomic E-state index is 13.3. The third kappa shape index (κ3) is 5.01. The normalized spacial score (nSPS) is 24.5. The summed E-state index contributed by atoms with van der Waals surface area (Å²) in [4.78, 5) is 65.8. The van der Waals surface area contributed by atoms with Gasteiger partial charge in [0, 0.05) is 0 Å². The first-order chi connectivity index (χ1) is 18.7. The lowest BCUT2D eigenvalue weighted by atomic mass is 10.0. The molecule has 0 radical (unpaired) electrons. The number of hydrazone groups is 1. The van der Waals surface area contributed by atoms with E-state index >= 15 is 0 Å². The number of carbonyl (C=O) groups is 5. The van der Waals surface area contributed by atoms with Gasteiger partial charge < -0.3 is 19.8 Å². The highest BCUT2D eigenvalue weighted by Gasteiger charge is 2.66. The molecule has 3 aliphatic heterocycles. The van der Waals surface area contributed by atoms with Gasteiger partial charge in [-0.1, -0.05) is 71.9 Å². The number of hydrogen-bond acceptors (Lipinski definition) is 8. The van der Waals surface area contributed by atoms with Crippen LogP contribution in [0.2, 0.25) is 0 Å². The van der Waals surface area contributed by atoms with E-state index in [4.69, 9.17) is 4.65 Å². The van der Waals surface area contributed by atoms with Crippen LogP contribution in [0, 0.1) is 6.92 Å². The molecule has 0 aliphatic carbocycles. The Morgan fingerprint density at radius 3 is 2.51 bits per heavy atom. The minimum absolute atomic E-state index is 0.0994. The Bertz CT molecular complexity index is 1360. The van der Waals surface area contributed by atoms with Crippen molar-refractivity contribution in [3.63, 3.8) is 0 Å². The fourth-order valence-electron chi connectivity index (χ4n) is 4.79. The van der Waals surface area contributed by atoms with Gasteiger partial charge in [0.05, 0.1) is 19.2 Å².